The molecular weight excluding hydrogens is 486 g/mol. The molecule has 9 heteroatoms. The van der Waals surface area contributed by atoms with E-state index in [1.807, 2.05) is 48.4 Å². The first-order chi connectivity index (χ1) is 19.0. The van der Waals surface area contributed by atoms with Crippen molar-refractivity contribution in [3.05, 3.63) is 58.0 Å². The van der Waals surface area contributed by atoms with Crippen molar-refractivity contribution >= 4 is 42.2 Å². The molecule has 0 amide bonds. The SMILES string of the molecule is C=N/C(=C\C(=C/C)c1nc(NC2(C)CCNCC2)c2c(n1)=CN=CCC=2C1CC1)NC1=Cc2ccnn2CC1. The number of aromatic nitrogens is 4. The number of fused-ring (bicyclic) bond motifs is 2. The summed E-state index contributed by atoms with van der Waals surface area (Å²) in [7, 11) is 0. The molecule has 2 aromatic rings. The first-order valence-corrected chi connectivity index (χ1v) is 14.0. The normalized spacial score (nSPS) is 20.8. The van der Waals surface area contributed by atoms with Crippen LogP contribution in [0.15, 0.2) is 45.9 Å². The lowest BCUT2D eigenvalue weighted by atomic mass is 9.90. The molecule has 0 atom stereocenters. The van der Waals surface area contributed by atoms with E-state index in [1.165, 1.54) is 18.4 Å². The van der Waals surface area contributed by atoms with Gasteiger partial charge in [0.2, 0.25) is 0 Å². The van der Waals surface area contributed by atoms with E-state index in [-0.39, 0.29) is 5.54 Å². The molecule has 4 aliphatic rings. The first kappa shape index (κ1) is 25.4. The van der Waals surface area contributed by atoms with Gasteiger partial charge in [-0.1, -0.05) is 6.08 Å². The van der Waals surface area contributed by atoms with E-state index < -0.39 is 0 Å². The van der Waals surface area contributed by atoms with Crippen molar-refractivity contribution in [3.8, 4) is 0 Å². The van der Waals surface area contributed by atoms with Gasteiger partial charge in [0.15, 0.2) is 5.82 Å². The molecule has 6 rings (SSSR count). The molecule has 0 spiro atoms. The third kappa shape index (κ3) is 5.49. The minimum Gasteiger partial charge on any atom is -0.364 e. The van der Waals surface area contributed by atoms with Crippen LogP contribution in [0, 0.1) is 5.92 Å². The Morgan fingerprint density at radius 2 is 2.10 bits per heavy atom. The topological polar surface area (TPSA) is 104 Å². The van der Waals surface area contributed by atoms with E-state index in [2.05, 4.69) is 50.8 Å². The monoisotopic (exact) mass is 523 g/mol. The van der Waals surface area contributed by atoms with Crippen LogP contribution in [0.5, 0.6) is 0 Å². The maximum Gasteiger partial charge on any atom is 0.162 e. The molecule has 2 fully saturated rings. The molecule has 1 saturated carbocycles. The second kappa shape index (κ2) is 10.7. The summed E-state index contributed by atoms with van der Waals surface area (Å²) in [6, 6.07) is 2.01. The molecule has 2 aromatic heterocycles. The number of piperidine rings is 1. The molecule has 0 unspecified atom stereocenters. The second-order valence-corrected chi connectivity index (χ2v) is 11.0. The summed E-state index contributed by atoms with van der Waals surface area (Å²) >= 11 is 0. The lowest BCUT2D eigenvalue weighted by molar-refractivity contribution is 0.364. The molecule has 202 valence electrons. The lowest BCUT2D eigenvalue weighted by Crippen LogP contribution is -2.48. The van der Waals surface area contributed by atoms with E-state index in [0.29, 0.717) is 17.6 Å². The van der Waals surface area contributed by atoms with Crippen LogP contribution in [0.1, 0.15) is 63.9 Å². The number of hydrogen-bond donors (Lipinski definition) is 3. The summed E-state index contributed by atoms with van der Waals surface area (Å²) in [6.07, 6.45) is 18.1. The van der Waals surface area contributed by atoms with Gasteiger partial charge in [0.1, 0.15) is 11.6 Å². The highest BCUT2D eigenvalue weighted by Gasteiger charge is 2.31. The number of anilines is 1. The van der Waals surface area contributed by atoms with E-state index >= 15 is 0 Å². The molecule has 3 N–H and O–H groups in total. The maximum atomic E-state index is 5.19. The summed E-state index contributed by atoms with van der Waals surface area (Å²) in [5, 5.41) is 17.2. The van der Waals surface area contributed by atoms with Crippen molar-refractivity contribution in [2.75, 3.05) is 18.4 Å². The number of hydrogen-bond acceptors (Lipinski definition) is 8. The smallest absolute Gasteiger partial charge is 0.162 e. The predicted octanol–water partition coefficient (Wildman–Crippen LogP) is 2.98. The van der Waals surface area contributed by atoms with Crippen molar-refractivity contribution in [2.45, 2.75) is 64.5 Å². The molecule has 1 aliphatic carbocycles. The van der Waals surface area contributed by atoms with E-state index in [1.54, 1.807) is 0 Å². The van der Waals surface area contributed by atoms with Gasteiger partial charge in [-0.25, -0.2) is 15.0 Å². The Balaban J connectivity index is 1.40. The molecule has 39 heavy (non-hydrogen) atoms. The zero-order valence-corrected chi connectivity index (χ0v) is 22.9. The molecule has 0 bridgehead atoms. The van der Waals surface area contributed by atoms with Crippen LogP contribution in [0.25, 0.3) is 23.4 Å². The van der Waals surface area contributed by atoms with E-state index in [0.717, 1.165) is 78.7 Å². The number of aryl methyl sites for hydroxylation is 1. The van der Waals surface area contributed by atoms with Gasteiger partial charge in [0.25, 0.3) is 0 Å². The van der Waals surface area contributed by atoms with Crippen LogP contribution in [-0.4, -0.2) is 51.3 Å². The summed E-state index contributed by atoms with van der Waals surface area (Å²) < 4.78 is 2.00. The second-order valence-electron chi connectivity index (χ2n) is 11.0. The highest BCUT2D eigenvalue weighted by molar-refractivity contribution is 5.78. The van der Waals surface area contributed by atoms with Gasteiger partial charge in [-0.3, -0.25) is 9.67 Å². The molecule has 3 aliphatic heterocycles. The average Bonchev–Trinajstić information content (AvgIpc) is 3.71. The fourth-order valence-electron chi connectivity index (χ4n) is 5.61. The lowest BCUT2D eigenvalue weighted by Gasteiger charge is -2.35. The molecule has 0 radical (unpaired) electrons. The fourth-order valence-corrected chi connectivity index (χ4v) is 5.61. The molecule has 0 aromatic carbocycles. The first-order valence-electron chi connectivity index (χ1n) is 14.0. The van der Waals surface area contributed by atoms with Gasteiger partial charge >= 0.3 is 0 Å². The average molecular weight is 524 g/mol. The number of allylic oxidation sites excluding steroid dienone is 4. The Morgan fingerprint density at radius 3 is 2.87 bits per heavy atom. The third-order valence-electron chi connectivity index (χ3n) is 8.05. The predicted molar refractivity (Wildman–Crippen MR) is 158 cm³/mol. The van der Waals surface area contributed by atoms with Crippen LogP contribution in [0.3, 0.4) is 0 Å². The van der Waals surface area contributed by atoms with Crippen LogP contribution in [-0.2, 0) is 6.54 Å². The Morgan fingerprint density at radius 1 is 1.26 bits per heavy atom. The number of rotatable bonds is 8. The summed E-state index contributed by atoms with van der Waals surface area (Å²) in [5.74, 6) is 2.82. The summed E-state index contributed by atoms with van der Waals surface area (Å²) in [5.41, 5.74) is 4.40. The molecule has 5 heterocycles. The molecule has 9 nitrogen and oxygen atoms in total. The Hall–Kier alpha value is -3.85. The van der Waals surface area contributed by atoms with Crippen LogP contribution in [0.4, 0.5) is 5.82 Å². The summed E-state index contributed by atoms with van der Waals surface area (Å²) in [6.45, 7) is 11.0. The zero-order chi connectivity index (χ0) is 26.8. The minimum atomic E-state index is -0.0340. The Kier molecular flexibility index (Phi) is 6.99. The van der Waals surface area contributed by atoms with Crippen molar-refractivity contribution < 1.29 is 0 Å². The maximum absolute atomic E-state index is 5.19. The van der Waals surface area contributed by atoms with Crippen molar-refractivity contribution in [1.29, 1.82) is 0 Å². The van der Waals surface area contributed by atoms with Gasteiger partial charge in [-0.2, -0.15) is 5.10 Å². The van der Waals surface area contributed by atoms with Crippen molar-refractivity contribution in [1.82, 2.24) is 30.4 Å². The number of nitrogens with one attached hydrogen (secondary N) is 3. The van der Waals surface area contributed by atoms with Crippen molar-refractivity contribution in [2.24, 2.45) is 15.9 Å². The largest absolute Gasteiger partial charge is 0.364 e. The zero-order valence-electron chi connectivity index (χ0n) is 22.9. The summed E-state index contributed by atoms with van der Waals surface area (Å²) in [4.78, 5) is 19.1. The van der Waals surface area contributed by atoms with Gasteiger partial charge in [0, 0.05) is 53.8 Å². The quantitative estimate of drug-likeness (QED) is 0.363. The highest BCUT2D eigenvalue weighted by atomic mass is 15.3. The molecule has 1 saturated heterocycles. The Labute approximate surface area is 229 Å². The van der Waals surface area contributed by atoms with Crippen LogP contribution in [0.2, 0.25) is 0 Å². The van der Waals surface area contributed by atoms with Crippen LogP contribution >= 0.6 is 0 Å². The fraction of sp³-hybridized carbons (Fsp3) is 0.433. The standard InChI is InChI=1S/C30H37N9/c1-4-20(17-26(31-3)35-22-9-16-39-23(18-22)7-13-34-39)28-36-25-19-33-12-8-24(21-5-6-21)27(25)29(37-28)38-30(2)10-14-32-15-11-30/h4,7,12-13,17-19,21,32,35H,3,5-6,8-11,14-16H2,1-2H3,(H,36,37,38)/b20-4+,26-17+. The third-order valence-corrected chi connectivity index (χ3v) is 8.05. The number of nitrogens with zero attached hydrogens (tertiary/aromatic N) is 6. The van der Waals surface area contributed by atoms with Gasteiger partial charge in [-0.15, -0.1) is 0 Å². The van der Waals surface area contributed by atoms with E-state index in [4.69, 9.17) is 9.97 Å². The van der Waals surface area contributed by atoms with Crippen LogP contribution < -0.4 is 26.5 Å². The minimum absolute atomic E-state index is 0.0340. The van der Waals surface area contributed by atoms with E-state index in [9.17, 15) is 0 Å². The van der Waals surface area contributed by atoms with Gasteiger partial charge in [-0.05, 0) is 89.0 Å². The van der Waals surface area contributed by atoms with Gasteiger partial charge in [0.05, 0.1) is 17.2 Å². The number of aliphatic imine (C=N–C) groups is 2. The van der Waals surface area contributed by atoms with Gasteiger partial charge < -0.3 is 16.0 Å². The molecular formula is C30H37N9. The highest BCUT2D eigenvalue weighted by Crippen LogP contribution is 2.38. The van der Waals surface area contributed by atoms with Crippen molar-refractivity contribution in [3.63, 3.8) is 0 Å². The Bertz CT molecular complexity index is 1510.